The SMILES string of the molecule is CCCc1nc(SCn2nnc3ccccc3c2=O)n[nH]1. The Kier molecular flexibility index (Phi) is 3.96. The largest absolute Gasteiger partial charge is 0.278 e. The van der Waals surface area contributed by atoms with Crippen LogP contribution in [0.1, 0.15) is 19.2 Å². The fourth-order valence-electron chi connectivity index (χ4n) is 1.92. The number of nitrogens with one attached hydrogen (secondary N) is 1. The highest BCUT2D eigenvalue weighted by Crippen LogP contribution is 2.14. The number of nitrogens with zero attached hydrogens (tertiary/aromatic N) is 5. The summed E-state index contributed by atoms with van der Waals surface area (Å²) >= 11 is 1.35. The first-order chi connectivity index (χ1) is 10.3. The third-order valence-corrected chi connectivity index (χ3v) is 3.76. The number of H-pyrrole nitrogens is 1. The second kappa shape index (κ2) is 6.04. The van der Waals surface area contributed by atoms with Gasteiger partial charge in [0, 0.05) is 6.42 Å². The lowest BCUT2D eigenvalue weighted by Gasteiger charge is -2.02. The molecule has 8 heteroatoms. The van der Waals surface area contributed by atoms with E-state index in [1.807, 2.05) is 12.1 Å². The molecule has 2 aromatic heterocycles. The zero-order valence-corrected chi connectivity index (χ0v) is 12.3. The van der Waals surface area contributed by atoms with Gasteiger partial charge in [-0.15, -0.1) is 10.2 Å². The molecule has 0 unspecified atom stereocenters. The monoisotopic (exact) mass is 302 g/mol. The average molecular weight is 302 g/mol. The van der Waals surface area contributed by atoms with E-state index in [-0.39, 0.29) is 5.56 Å². The predicted molar refractivity (Wildman–Crippen MR) is 80.0 cm³/mol. The molecular weight excluding hydrogens is 288 g/mol. The smallest absolute Gasteiger partial charge is 0.267 e. The van der Waals surface area contributed by atoms with Crippen LogP contribution in [0.2, 0.25) is 0 Å². The van der Waals surface area contributed by atoms with Crippen LogP contribution >= 0.6 is 11.8 Å². The molecule has 108 valence electrons. The first-order valence-corrected chi connectivity index (χ1v) is 7.63. The molecule has 3 rings (SSSR count). The van der Waals surface area contributed by atoms with Gasteiger partial charge < -0.3 is 0 Å². The van der Waals surface area contributed by atoms with Gasteiger partial charge in [-0.05, 0) is 18.6 Å². The molecule has 0 aliphatic carbocycles. The van der Waals surface area contributed by atoms with E-state index >= 15 is 0 Å². The number of fused-ring (bicyclic) bond motifs is 1. The van der Waals surface area contributed by atoms with Crippen molar-refractivity contribution in [3.63, 3.8) is 0 Å². The summed E-state index contributed by atoms with van der Waals surface area (Å²) in [5.74, 6) is 1.19. The molecule has 3 aromatic rings. The molecule has 0 bridgehead atoms. The van der Waals surface area contributed by atoms with Crippen LogP contribution in [-0.2, 0) is 12.3 Å². The van der Waals surface area contributed by atoms with Crippen LogP contribution in [0.3, 0.4) is 0 Å². The Labute approximate surface area is 124 Å². The molecule has 2 heterocycles. The zero-order valence-electron chi connectivity index (χ0n) is 11.5. The summed E-state index contributed by atoms with van der Waals surface area (Å²) in [5, 5.41) is 16.1. The zero-order chi connectivity index (χ0) is 14.7. The van der Waals surface area contributed by atoms with Gasteiger partial charge in [0.2, 0.25) is 5.16 Å². The summed E-state index contributed by atoms with van der Waals surface area (Å²) in [4.78, 5) is 16.6. The Morgan fingerprint density at radius 2 is 2.19 bits per heavy atom. The summed E-state index contributed by atoms with van der Waals surface area (Å²) in [6.07, 6.45) is 1.87. The molecule has 0 aliphatic heterocycles. The lowest BCUT2D eigenvalue weighted by molar-refractivity contribution is 0.644. The van der Waals surface area contributed by atoms with Gasteiger partial charge in [-0.3, -0.25) is 9.89 Å². The summed E-state index contributed by atoms with van der Waals surface area (Å²) in [6, 6.07) is 7.17. The number of aromatic nitrogens is 6. The second-order valence-electron chi connectivity index (χ2n) is 4.50. The minimum absolute atomic E-state index is 0.155. The first kappa shape index (κ1) is 13.7. The predicted octanol–water partition coefficient (Wildman–Crippen LogP) is 1.61. The third-order valence-electron chi connectivity index (χ3n) is 2.94. The quantitative estimate of drug-likeness (QED) is 0.720. The van der Waals surface area contributed by atoms with Gasteiger partial charge in [0.25, 0.3) is 5.56 Å². The third kappa shape index (κ3) is 2.94. The standard InChI is InChI=1S/C13H14N6OS/c1-2-5-11-14-13(17-16-11)21-8-19-12(20)9-6-3-4-7-10(9)15-18-19/h3-4,6-7H,2,5,8H2,1H3,(H,14,16,17). The Morgan fingerprint density at radius 1 is 1.33 bits per heavy atom. The number of aromatic amines is 1. The maximum Gasteiger partial charge on any atom is 0.278 e. The van der Waals surface area contributed by atoms with Gasteiger partial charge in [0.1, 0.15) is 11.3 Å². The molecule has 0 spiro atoms. The van der Waals surface area contributed by atoms with Gasteiger partial charge in [-0.1, -0.05) is 36.0 Å². The molecule has 7 nitrogen and oxygen atoms in total. The second-order valence-corrected chi connectivity index (χ2v) is 5.41. The van der Waals surface area contributed by atoms with E-state index in [4.69, 9.17) is 0 Å². The minimum atomic E-state index is -0.155. The van der Waals surface area contributed by atoms with Crippen molar-refractivity contribution < 1.29 is 0 Å². The van der Waals surface area contributed by atoms with Crippen molar-refractivity contribution in [3.8, 4) is 0 Å². The molecule has 21 heavy (non-hydrogen) atoms. The van der Waals surface area contributed by atoms with Gasteiger partial charge in [-0.25, -0.2) is 4.98 Å². The first-order valence-electron chi connectivity index (χ1n) is 6.64. The molecular formula is C13H14N6OS. The molecule has 1 N–H and O–H groups in total. The highest BCUT2D eigenvalue weighted by atomic mass is 32.2. The Morgan fingerprint density at radius 3 is 3.05 bits per heavy atom. The van der Waals surface area contributed by atoms with E-state index in [2.05, 4.69) is 32.4 Å². The summed E-state index contributed by atoms with van der Waals surface area (Å²) in [7, 11) is 0. The van der Waals surface area contributed by atoms with E-state index in [0.717, 1.165) is 18.7 Å². The van der Waals surface area contributed by atoms with Crippen molar-refractivity contribution in [2.75, 3.05) is 0 Å². The van der Waals surface area contributed by atoms with Crippen molar-refractivity contribution >= 4 is 22.7 Å². The van der Waals surface area contributed by atoms with E-state index in [0.29, 0.717) is 21.9 Å². The fourth-order valence-corrected chi connectivity index (χ4v) is 2.61. The van der Waals surface area contributed by atoms with Crippen molar-refractivity contribution in [2.45, 2.75) is 30.8 Å². The van der Waals surface area contributed by atoms with Gasteiger partial charge >= 0.3 is 0 Å². The average Bonchev–Trinajstić information content (AvgIpc) is 2.95. The summed E-state index contributed by atoms with van der Waals surface area (Å²) in [6.45, 7) is 2.08. The van der Waals surface area contributed by atoms with Crippen LogP contribution in [0.15, 0.2) is 34.2 Å². The number of hydrogen-bond donors (Lipinski definition) is 1. The highest BCUT2D eigenvalue weighted by Gasteiger charge is 2.07. The Hall–Kier alpha value is -2.22. The number of thioether (sulfide) groups is 1. The van der Waals surface area contributed by atoms with Crippen LogP contribution in [-0.4, -0.2) is 30.2 Å². The minimum Gasteiger partial charge on any atom is -0.267 e. The Bertz CT molecular complexity index is 812. The highest BCUT2D eigenvalue weighted by molar-refractivity contribution is 7.98. The van der Waals surface area contributed by atoms with Gasteiger partial charge in [0.05, 0.1) is 11.3 Å². The molecule has 0 amide bonds. The summed E-state index contributed by atoms with van der Waals surface area (Å²) < 4.78 is 1.32. The molecule has 0 saturated heterocycles. The van der Waals surface area contributed by atoms with Crippen molar-refractivity contribution in [1.29, 1.82) is 0 Å². The molecule has 0 saturated carbocycles. The number of benzene rings is 1. The Balaban J connectivity index is 1.78. The number of rotatable bonds is 5. The topological polar surface area (TPSA) is 89.3 Å². The van der Waals surface area contributed by atoms with Crippen molar-refractivity contribution in [2.24, 2.45) is 0 Å². The number of hydrogen-bond acceptors (Lipinski definition) is 6. The van der Waals surface area contributed by atoms with E-state index in [1.54, 1.807) is 12.1 Å². The van der Waals surface area contributed by atoms with E-state index < -0.39 is 0 Å². The normalized spacial score (nSPS) is 11.1. The maximum atomic E-state index is 12.3. The van der Waals surface area contributed by atoms with Crippen LogP contribution in [0.4, 0.5) is 0 Å². The fraction of sp³-hybridized carbons (Fsp3) is 0.308. The van der Waals surface area contributed by atoms with Crippen molar-refractivity contribution in [3.05, 3.63) is 40.4 Å². The van der Waals surface area contributed by atoms with Crippen LogP contribution in [0.5, 0.6) is 0 Å². The lowest BCUT2D eigenvalue weighted by Crippen LogP contribution is -2.23. The molecule has 1 aromatic carbocycles. The maximum absolute atomic E-state index is 12.3. The van der Waals surface area contributed by atoms with Gasteiger partial charge in [0.15, 0.2) is 0 Å². The van der Waals surface area contributed by atoms with Gasteiger partial charge in [-0.2, -0.15) is 4.68 Å². The van der Waals surface area contributed by atoms with Crippen molar-refractivity contribution in [1.82, 2.24) is 30.2 Å². The molecule has 0 radical (unpaired) electrons. The van der Waals surface area contributed by atoms with Crippen LogP contribution in [0, 0.1) is 0 Å². The molecule has 0 atom stereocenters. The molecule has 0 aliphatic rings. The molecule has 0 fully saturated rings. The summed E-state index contributed by atoms with van der Waals surface area (Å²) in [5.41, 5.74) is 0.448. The van der Waals surface area contributed by atoms with E-state index in [9.17, 15) is 4.79 Å². The van der Waals surface area contributed by atoms with Crippen LogP contribution in [0.25, 0.3) is 10.9 Å². The van der Waals surface area contributed by atoms with E-state index in [1.165, 1.54) is 16.4 Å². The van der Waals surface area contributed by atoms with Crippen LogP contribution < -0.4 is 5.56 Å². The number of aryl methyl sites for hydroxylation is 1. The lowest BCUT2D eigenvalue weighted by atomic mass is 10.2.